The maximum atomic E-state index is 12.5. The zero-order valence-corrected chi connectivity index (χ0v) is 15.6. The molecule has 0 aliphatic carbocycles. The van der Waals surface area contributed by atoms with Gasteiger partial charge in [0.25, 0.3) is 11.8 Å². The van der Waals surface area contributed by atoms with Crippen LogP contribution in [0.5, 0.6) is 0 Å². The molecule has 1 fully saturated rings. The van der Waals surface area contributed by atoms with E-state index in [-0.39, 0.29) is 30.6 Å². The molecule has 2 amide bonds. The van der Waals surface area contributed by atoms with E-state index in [9.17, 15) is 22.8 Å². The summed E-state index contributed by atoms with van der Waals surface area (Å²) >= 11 is 6.77. The van der Waals surface area contributed by atoms with Gasteiger partial charge in [0.15, 0.2) is 5.11 Å². The monoisotopic (exact) mass is 405 g/mol. The minimum absolute atomic E-state index is 0.115. The molecule has 1 saturated heterocycles. The van der Waals surface area contributed by atoms with E-state index in [1.54, 1.807) is 11.8 Å². The second-order valence-corrected chi connectivity index (χ2v) is 6.98. The lowest BCUT2D eigenvalue weighted by Crippen LogP contribution is -2.39. The van der Waals surface area contributed by atoms with E-state index < -0.39 is 17.6 Å². The van der Waals surface area contributed by atoms with Gasteiger partial charge in [-0.15, -0.1) is 0 Å². The number of hydrogen-bond acceptors (Lipinski definition) is 4. The minimum atomic E-state index is -4.44. The lowest BCUT2D eigenvalue weighted by molar-refractivity contribution is -0.137. The number of thiocarbonyl (C=S) groups is 1. The summed E-state index contributed by atoms with van der Waals surface area (Å²) in [5.41, 5.74) is -0.700. The summed E-state index contributed by atoms with van der Waals surface area (Å²) in [7, 11) is 0. The molecule has 1 heterocycles. The second-order valence-electron chi connectivity index (χ2n) is 5.60. The van der Waals surface area contributed by atoms with Crippen LogP contribution in [0.1, 0.15) is 22.3 Å². The number of alkyl halides is 3. The van der Waals surface area contributed by atoms with Gasteiger partial charge in [-0.3, -0.25) is 14.5 Å². The molecule has 1 aromatic rings. The van der Waals surface area contributed by atoms with E-state index >= 15 is 0 Å². The van der Waals surface area contributed by atoms with Gasteiger partial charge in [0.05, 0.1) is 5.56 Å². The first-order chi connectivity index (χ1) is 12.2. The Labute approximate surface area is 158 Å². The molecule has 0 saturated carbocycles. The molecule has 0 radical (unpaired) electrons. The van der Waals surface area contributed by atoms with Crippen molar-refractivity contribution in [2.24, 2.45) is 0 Å². The highest BCUT2D eigenvalue weighted by molar-refractivity contribution is 7.98. The quantitative estimate of drug-likeness (QED) is 0.682. The van der Waals surface area contributed by atoms with Gasteiger partial charge in [0.2, 0.25) is 0 Å². The summed E-state index contributed by atoms with van der Waals surface area (Å²) in [4.78, 5) is 25.6. The van der Waals surface area contributed by atoms with E-state index in [2.05, 4.69) is 10.6 Å². The summed E-state index contributed by atoms with van der Waals surface area (Å²) in [5.74, 6) is 0.181. The second kappa shape index (κ2) is 8.72. The number of rotatable bonds is 7. The lowest BCUT2D eigenvalue weighted by atomic mass is 10.1. The van der Waals surface area contributed by atoms with Crippen LogP contribution in [0.4, 0.5) is 13.2 Å². The number of nitrogens with one attached hydrogen (secondary N) is 2. The Hall–Kier alpha value is -1.81. The van der Waals surface area contributed by atoms with E-state index in [0.29, 0.717) is 11.5 Å². The molecule has 0 aromatic heterocycles. The Kier molecular flexibility index (Phi) is 6.87. The molecule has 1 unspecified atom stereocenters. The average molecular weight is 405 g/mol. The van der Waals surface area contributed by atoms with E-state index in [1.807, 2.05) is 6.26 Å². The first-order valence-corrected chi connectivity index (χ1v) is 9.60. The van der Waals surface area contributed by atoms with E-state index in [4.69, 9.17) is 12.2 Å². The smallest absolute Gasteiger partial charge is 0.350 e. The summed E-state index contributed by atoms with van der Waals surface area (Å²) in [5, 5.41) is 5.86. The van der Waals surface area contributed by atoms with Crippen LogP contribution in [0.15, 0.2) is 24.3 Å². The van der Waals surface area contributed by atoms with Crippen LogP contribution in [0.2, 0.25) is 0 Å². The van der Waals surface area contributed by atoms with Gasteiger partial charge < -0.3 is 10.6 Å². The van der Waals surface area contributed by atoms with Gasteiger partial charge in [-0.25, -0.2) is 0 Å². The SMILES string of the molecule is CSCCC1NC(=S)N(CCNC(=O)c2ccc(C(F)(F)F)cc2)C1=O. The maximum Gasteiger partial charge on any atom is 0.416 e. The molecule has 10 heteroatoms. The van der Waals surface area contributed by atoms with Crippen molar-refractivity contribution in [3.63, 3.8) is 0 Å². The number of carbonyl (C=O) groups is 2. The fourth-order valence-corrected chi connectivity index (χ4v) is 3.21. The molecule has 5 nitrogen and oxygen atoms in total. The molecular formula is C16H18F3N3O2S2. The Morgan fingerprint density at radius 2 is 2.00 bits per heavy atom. The van der Waals surface area contributed by atoms with Gasteiger partial charge in [-0.05, 0) is 54.9 Å². The van der Waals surface area contributed by atoms with Crippen LogP contribution in [0, 0.1) is 0 Å². The van der Waals surface area contributed by atoms with Gasteiger partial charge in [0, 0.05) is 18.7 Å². The fourth-order valence-electron chi connectivity index (χ4n) is 2.41. The topological polar surface area (TPSA) is 61.4 Å². The third-order valence-electron chi connectivity index (χ3n) is 3.81. The van der Waals surface area contributed by atoms with Crippen LogP contribution >= 0.6 is 24.0 Å². The van der Waals surface area contributed by atoms with Crippen molar-refractivity contribution in [2.75, 3.05) is 25.1 Å². The van der Waals surface area contributed by atoms with Crippen molar-refractivity contribution in [2.45, 2.75) is 18.6 Å². The largest absolute Gasteiger partial charge is 0.416 e. The Balaban J connectivity index is 1.84. The van der Waals surface area contributed by atoms with Gasteiger partial charge in [0.1, 0.15) is 6.04 Å². The average Bonchev–Trinajstić information content (AvgIpc) is 2.86. The van der Waals surface area contributed by atoms with Crippen molar-refractivity contribution in [1.82, 2.24) is 15.5 Å². The van der Waals surface area contributed by atoms with Crippen molar-refractivity contribution >= 4 is 40.9 Å². The molecule has 1 atom stereocenters. The molecule has 1 aromatic carbocycles. The summed E-state index contributed by atoms with van der Waals surface area (Å²) in [6.45, 7) is 0.343. The van der Waals surface area contributed by atoms with Crippen LogP contribution in [0.25, 0.3) is 0 Å². The van der Waals surface area contributed by atoms with Gasteiger partial charge in [-0.2, -0.15) is 24.9 Å². The number of benzene rings is 1. The van der Waals surface area contributed by atoms with Crippen molar-refractivity contribution in [3.05, 3.63) is 35.4 Å². The van der Waals surface area contributed by atoms with Crippen LogP contribution < -0.4 is 10.6 Å². The third-order valence-corrected chi connectivity index (χ3v) is 4.80. The normalized spacial score (nSPS) is 17.4. The molecule has 142 valence electrons. The van der Waals surface area contributed by atoms with E-state index in [0.717, 1.165) is 30.0 Å². The number of amides is 2. The molecule has 1 aliphatic heterocycles. The Morgan fingerprint density at radius 3 is 2.58 bits per heavy atom. The summed E-state index contributed by atoms with van der Waals surface area (Å²) < 4.78 is 37.6. The molecule has 2 N–H and O–H groups in total. The highest BCUT2D eigenvalue weighted by Gasteiger charge is 2.34. The van der Waals surface area contributed by atoms with Crippen LogP contribution in [0.3, 0.4) is 0 Å². The lowest BCUT2D eigenvalue weighted by Gasteiger charge is -2.15. The molecule has 0 spiro atoms. The molecule has 1 aliphatic rings. The predicted molar refractivity (Wildman–Crippen MR) is 98.0 cm³/mol. The van der Waals surface area contributed by atoms with Crippen LogP contribution in [-0.4, -0.2) is 53.0 Å². The van der Waals surface area contributed by atoms with Crippen LogP contribution in [-0.2, 0) is 11.0 Å². The number of carbonyl (C=O) groups excluding carboxylic acids is 2. The highest BCUT2D eigenvalue weighted by Crippen LogP contribution is 2.29. The van der Waals surface area contributed by atoms with E-state index in [1.165, 1.54) is 4.90 Å². The first kappa shape index (κ1) is 20.5. The summed E-state index contributed by atoms with van der Waals surface area (Å²) in [6, 6.07) is 3.59. The fraction of sp³-hybridized carbons (Fsp3) is 0.438. The van der Waals surface area contributed by atoms with Gasteiger partial charge >= 0.3 is 6.18 Å². The van der Waals surface area contributed by atoms with Crippen molar-refractivity contribution < 1.29 is 22.8 Å². The number of nitrogens with zero attached hydrogens (tertiary/aromatic N) is 1. The molecule has 0 bridgehead atoms. The molecule has 26 heavy (non-hydrogen) atoms. The zero-order chi connectivity index (χ0) is 19.3. The highest BCUT2D eigenvalue weighted by atomic mass is 32.2. The standard InChI is InChI=1S/C16H18F3N3O2S2/c1-26-9-6-12-14(24)22(15(25)21-12)8-7-20-13(23)10-2-4-11(5-3-10)16(17,18)19/h2-5,12H,6-9H2,1H3,(H,20,23)(H,21,25). The zero-order valence-electron chi connectivity index (χ0n) is 13.9. The number of hydrogen-bond donors (Lipinski definition) is 2. The number of halogens is 3. The first-order valence-electron chi connectivity index (χ1n) is 7.80. The Bertz CT molecular complexity index is 680. The minimum Gasteiger partial charge on any atom is -0.350 e. The van der Waals surface area contributed by atoms with Crippen molar-refractivity contribution in [3.8, 4) is 0 Å². The van der Waals surface area contributed by atoms with Crippen molar-refractivity contribution in [1.29, 1.82) is 0 Å². The molecular weight excluding hydrogens is 387 g/mol. The maximum absolute atomic E-state index is 12.5. The Morgan fingerprint density at radius 1 is 1.35 bits per heavy atom. The third kappa shape index (κ3) is 5.10. The molecule has 2 rings (SSSR count). The predicted octanol–water partition coefficient (Wildman–Crippen LogP) is 2.27. The summed E-state index contributed by atoms with van der Waals surface area (Å²) in [6.07, 6.45) is -1.83. The number of thioether (sulfide) groups is 1. The van der Waals surface area contributed by atoms with Gasteiger partial charge in [-0.1, -0.05) is 0 Å².